The van der Waals surface area contributed by atoms with Gasteiger partial charge in [-0.25, -0.2) is 8.78 Å². The molecule has 4 aliphatic carbocycles. The highest BCUT2D eigenvalue weighted by Gasteiger charge is 2.77. The third-order valence-corrected chi connectivity index (χ3v) is 9.39. The van der Waals surface area contributed by atoms with Gasteiger partial charge in [-0.05, 0) is 50.2 Å². The molecule has 2 N–H and O–H groups in total. The first kappa shape index (κ1) is 24.2. The molecule has 0 aromatic rings. The number of hydrogen-bond acceptors (Lipinski definition) is 6. The van der Waals surface area contributed by atoms with Gasteiger partial charge in [-0.15, -0.1) is 0 Å². The fourth-order valence-electron chi connectivity index (χ4n) is 7.85. The number of allylic oxidation sites excluding steroid dienone is 4. The molecular weight excluding hydrogens is 434 g/mol. The number of aliphatic hydroxyl groups excluding tert-OH is 2. The van der Waals surface area contributed by atoms with E-state index in [-0.39, 0.29) is 31.3 Å². The van der Waals surface area contributed by atoms with Gasteiger partial charge >= 0.3 is 5.97 Å². The van der Waals surface area contributed by atoms with Gasteiger partial charge in [0, 0.05) is 29.1 Å². The van der Waals surface area contributed by atoms with E-state index < -0.39 is 75.9 Å². The molecule has 0 unspecified atom stereocenters. The fraction of sp³-hybridized carbons (Fsp3) is 0.720. The first-order valence-electron chi connectivity index (χ1n) is 11.7. The monoisotopic (exact) mass is 466 g/mol. The number of Topliss-reactive ketones (excluding diaryl/α,β-unsaturated/α-hetero) is 1. The predicted molar refractivity (Wildman–Crippen MR) is 114 cm³/mol. The van der Waals surface area contributed by atoms with E-state index in [0.29, 0.717) is 6.42 Å². The molecule has 0 heterocycles. The van der Waals surface area contributed by atoms with E-state index in [4.69, 9.17) is 4.74 Å². The van der Waals surface area contributed by atoms with Crippen molar-refractivity contribution >= 4 is 17.5 Å². The van der Waals surface area contributed by atoms with E-state index in [1.54, 1.807) is 20.8 Å². The van der Waals surface area contributed by atoms with Crippen LogP contribution in [0.1, 0.15) is 59.8 Å². The van der Waals surface area contributed by atoms with Crippen molar-refractivity contribution in [3.05, 3.63) is 23.6 Å². The summed E-state index contributed by atoms with van der Waals surface area (Å²) in [5.74, 6) is -4.76. The van der Waals surface area contributed by atoms with Crippen LogP contribution in [0.5, 0.6) is 0 Å². The molecule has 0 spiro atoms. The molecule has 8 heteroatoms. The molecule has 0 saturated heterocycles. The molecule has 33 heavy (non-hydrogen) atoms. The molecule has 3 fully saturated rings. The van der Waals surface area contributed by atoms with Gasteiger partial charge in [0.15, 0.2) is 17.1 Å². The van der Waals surface area contributed by atoms with Gasteiger partial charge in [-0.3, -0.25) is 14.4 Å². The third-order valence-electron chi connectivity index (χ3n) is 9.39. The average Bonchev–Trinajstić information content (AvgIpc) is 2.99. The number of aliphatic hydroxyl groups is 2. The van der Waals surface area contributed by atoms with Crippen molar-refractivity contribution in [2.45, 2.75) is 77.2 Å². The van der Waals surface area contributed by atoms with Crippen LogP contribution in [0.4, 0.5) is 8.78 Å². The zero-order valence-corrected chi connectivity index (χ0v) is 19.5. The van der Waals surface area contributed by atoms with E-state index in [9.17, 15) is 29.0 Å². The van der Waals surface area contributed by atoms with Crippen molar-refractivity contribution < 1.29 is 38.1 Å². The van der Waals surface area contributed by atoms with Gasteiger partial charge < -0.3 is 14.9 Å². The van der Waals surface area contributed by atoms with Crippen LogP contribution in [0.25, 0.3) is 0 Å². The molecule has 4 aliphatic rings. The molecule has 0 aromatic heterocycles. The SMILES string of the molecule is CCC(=O)O[C@]1(C(=O)CO)[C@H](C)C[C@H]2[C@@H]3CCC4=C(F)C(=O)C=C[C@]4(C)[C@@]3(F)[C@@H](O)C[C@@]21C. The highest BCUT2D eigenvalue weighted by molar-refractivity contribution is 6.04. The number of carbonyl (C=O) groups excluding carboxylic acids is 3. The minimum atomic E-state index is -2.27. The molecule has 4 rings (SSSR count). The second-order valence-corrected chi connectivity index (χ2v) is 10.6. The Morgan fingerprint density at radius 3 is 2.55 bits per heavy atom. The van der Waals surface area contributed by atoms with Crippen LogP contribution in [-0.2, 0) is 19.1 Å². The molecule has 182 valence electrons. The Morgan fingerprint density at radius 1 is 1.27 bits per heavy atom. The van der Waals surface area contributed by atoms with Crippen LogP contribution in [0, 0.1) is 28.6 Å². The Bertz CT molecular complexity index is 974. The van der Waals surface area contributed by atoms with Gasteiger partial charge in [-0.1, -0.05) is 26.8 Å². The van der Waals surface area contributed by atoms with Crippen molar-refractivity contribution in [2.24, 2.45) is 28.6 Å². The van der Waals surface area contributed by atoms with Crippen molar-refractivity contribution in [1.29, 1.82) is 0 Å². The van der Waals surface area contributed by atoms with Gasteiger partial charge in [0.1, 0.15) is 6.61 Å². The standard InChI is InChI=1S/C25H32F2O6/c1-5-20(32)33-25(19(31)12-28)13(2)10-16-14-6-7-15-21(26)17(29)8-9-22(15,3)24(14,27)18(30)11-23(16,25)4/h8-9,13-14,16,18,28,30H,5-7,10-12H2,1-4H3/t13-,14+,16+,18+,22+,23+,24+,25+/m1/s1. The number of fused-ring (bicyclic) bond motifs is 5. The lowest BCUT2D eigenvalue weighted by atomic mass is 9.44. The highest BCUT2D eigenvalue weighted by atomic mass is 19.1. The van der Waals surface area contributed by atoms with Gasteiger partial charge in [0.2, 0.25) is 11.6 Å². The third kappa shape index (κ3) is 2.74. The lowest BCUT2D eigenvalue weighted by molar-refractivity contribution is -0.228. The lowest BCUT2D eigenvalue weighted by Gasteiger charge is -2.62. The largest absolute Gasteiger partial charge is 0.450 e. The molecule has 0 aromatic carbocycles. The van der Waals surface area contributed by atoms with E-state index in [2.05, 4.69) is 0 Å². The van der Waals surface area contributed by atoms with Crippen molar-refractivity contribution in [3.63, 3.8) is 0 Å². The zero-order chi connectivity index (χ0) is 24.6. The Labute approximate surface area is 192 Å². The van der Waals surface area contributed by atoms with Crippen molar-refractivity contribution in [3.8, 4) is 0 Å². The Kier molecular flexibility index (Phi) is 5.53. The van der Waals surface area contributed by atoms with Crippen LogP contribution in [0.3, 0.4) is 0 Å². The van der Waals surface area contributed by atoms with Gasteiger partial charge in [0.25, 0.3) is 0 Å². The number of halogens is 2. The molecule has 0 bridgehead atoms. The van der Waals surface area contributed by atoms with E-state index in [1.165, 1.54) is 13.0 Å². The topological polar surface area (TPSA) is 101 Å². The zero-order valence-electron chi connectivity index (χ0n) is 19.5. The number of hydrogen-bond donors (Lipinski definition) is 2. The molecule has 6 nitrogen and oxygen atoms in total. The fourth-order valence-corrected chi connectivity index (χ4v) is 7.85. The summed E-state index contributed by atoms with van der Waals surface area (Å²) in [7, 11) is 0. The molecule has 3 saturated carbocycles. The van der Waals surface area contributed by atoms with E-state index in [0.717, 1.165) is 6.08 Å². The predicted octanol–water partition coefficient (Wildman–Crippen LogP) is 3.15. The minimum absolute atomic E-state index is 0.0251. The van der Waals surface area contributed by atoms with Crippen LogP contribution in [0.15, 0.2) is 23.6 Å². The summed E-state index contributed by atoms with van der Waals surface area (Å²) >= 11 is 0. The summed E-state index contributed by atoms with van der Waals surface area (Å²) in [6.07, 6.45) is 1.30. The van der Waals surface area contributed by atoms with Crippen LogP contribution >= 0.6 is 0 Å². The van der Waals surface area contributed by atoms with Crippen LogP contribution < -0.4 is 0 Å². The second-order valence-electron chi connectivity index (χ2n) is 10.6. The van der Waals surface area contributed by atoms with E-state index >= 15 is 4.39 Å². The Balaban J connectivity index is 1.87. The van der Waals surface area contributed by atoms with Gasteiger partial charge in [-0.2, -0.15) is 0 Å². The van der Waals surface area contributed by atoms with Gasteiger partial charge in [0.05, 0.1) is 6.10 Å². The number of rotatable bonds is 4. The van der Waals surface area contributed by atoms with Crippen molar-refractivity contribution in [1.82, 2.24) is 0 Å². The lowest BCUT2D eigenvalue weighted by Crippen LogP contribution is -2.70. The number of esters is 1. The first-order chi connectivity index (χ1) is 15.3. The first-order valence-corrected chi connectivity index (χ1v) is 11.7. The number of ketones is 2. The Morgan fingerprint density at radius 2 is 1.94 bits per heavy atom. The molecule has 8 atom stereocenters. The molecular formula is C25H32F2O6. The van der Waals surface area contributed by atoms with Crippen molar-refractivity contribution in [2.75, 3.05) is 6.61 Å². The second kappa shape index (κ2) is 7.54. The maximum atomic E-state index is 17.2. The number of ether oxygens (including phenoxy) is 1. The molecule has 0 amide bonds. The maximum Gasteiger partial charge on any atom is 0.306 e. The summed E-state index contributed by atoms with van der Waals surface area (Å²) in [6.45, 7) is 5.76. The summed E-state index contributed by atoms with van der Waals surface area (Å²) in [5.41, 5.74) is -6.53. The molecule has 0 aliphatic heterocycles. The smallest absolute Gasteiger partial charge is 0.306 e. The quantitative estimate of drug-likeness (QED) is 0.618. The highest BCUT2D eigenvalue weighted by Crippen LogP contribution is 2.71. The summed E-state index contributed by atoms with van der Waals surface area (Å²) in [4.78, 5) is 37.5. The molecule has 0 radical (unpaired) electrons. The summed E-state index contributed by atoms with van der Waals surface area (Å²) < 4.78 is 37.8. The summed E-state index contributed by atoms with van der Waals surface area (Å²) in [5, 5.41) is 21.1. The van der Waals surface area contributed by atoms with Crippen LogP contribution in [0.2, 0.25) is 0 Å². The van der Waals surface area contributed by atoms with E-state index in [1.807, 2.05) is 0 Å². The average molecular weight is 467 g/mol. The van der Waals surface area contributed by atoms with Crippen LogP contribution in [-0.4, -0.2) is 51.7 Å². The summed E-state index contributed by atoms with van der Waals surface area (Å²) in [6, 6.07) is 0. The maximum absolute atomic E-state index is 17.2. The number of alkyl halides is 1. The minimum Gasteiger partial charge on any atom is -0.450 e. The number of carbonyl (C=O) groups is 3. The Hall–Kier alpha value is -1.93. The normalized spacial score (nSPS) is 46.5.